The van der Waals surface area contributed by atoms with Gasteiger partial charge in [0.25, 0.3) is 0 Å². The Morgan fingerprint density at radius 2 is 1.58 bits per heavy atom. The third-order valence-electron chi connectivity index (χ3n) is 5.45. The van der Waals surface area contributed by atoms with Crippen LogP contribution in [0.1, 0.15) is 33.8 Å². The molecule has 2 amide bonds. The number of fused-ring (bicyclic) bond motifs is 3. The molecular formula is C25H21FN2O5. The lowest BCUT2D eigenvalue weighted by Crippen LogP contribution is -2.29. The molecule has 0 saturated heterocycles. The molecule has 0 aliphatic heterocycles. The number of carboxylic acid groups (broad SMARTS) is 1. The van der Waals surface area contributed by atoms with Crippen molar-refractivity contribution in [2.45, 2.75) is 12.3 Å². The maximum Gasteiger partial charge on any atom is 0.407 e. The third kappa shape index (κ3) is 4.85. The van der Waals surface area contributed by atoms with E-state index in [-0.39, 0.29) is 36.7 Å². The molecule has 0 aromatic heterocycles. The van der Waals surface area contributed by atoms with Crippen molar-refractivity contribution in [2.75, 3.05) is 18.5 Å². The summed E-state index contributed by atoms with van der Waals surface area (Å²) in [7, 11) is 0. The van der Waals surface area contributed by atoms with Gasteiger partial charge in [0.2, 0.25) is 5.91 Å². The fourth-order valence-electron chi connectivity index (χ4n) is 3.95. The molecule has 33 heavy (non-hydrogen) atoms. The van der Waals surface area contributed by atoms with Crippen LogP contribution in [0.4, 0.5) is 14.9 Å². The molecule has 0 unspecified atom stereocenters. The van der Waals surface area contributed by atoms with Crippen LogP contribution in [0.2, 0.25) is 0 Å². The maximum absolute atomic E-state index is 13.4. The van der Waals surface area contributed by atoms with Gasteiger partial charge < -0.3 is 20.5 Å². The highest BCUT2D eigenvalue weighted by atomic mass is 19.1. The van der Waals surface area contributed by atoms with Crippen LogP contribution < -0.4 is 10.6 Å². The Balaban J connectivity index is 1.28. The lowest BCUT2D eigenvalue weighted by atomic mass is 9.98. The monoisotopic (exact) mass is 448 g/mol. The van der Waals surface area contributed by atoms with Gasteiger partial charge in [-0.2, -0.15) is 0 Å². The van der Waals surface area contributed by atoms with Crippen molar-refractivity contribution >= 4 is 23.7 Å². The van der Waals surface area contributed by atoms with Crippen LogP contribution in [-0.2, 0) is 9.53 Å². The minimum absolute atomic E-state index is 0.0276. The summed E-state index contributed by atoms with van der Waals surface area (Å²) in [6.45, 7) is 0.123. The molecule has 0 spiro atoms. The highest BCUT2D eigenvalue weighted by Crippen LogP contribution is 2.44. The van der Waals surface area contributed by atoms with E-state index < -0.39 is 23.8 Å². The zero-order valence-corrected chi connectivity index (χ0v) is 17.5. The van der Waals surface area contributed by atoms with Crippen LogP contribution in [0, 0.1) is 5.82 Å². The predicted octanol–water partition coefficient (Wildman–Crippen LogP) is 4.39. The molecule has 0 radical (unpaired) electrons. The van der Waals surface area contributed by atoms with E-state index in [0.29, 0.717) is 0 Å². The number of rotatable bonds is 7. The molecule has 0 heterocycles. The Morgan fingerprint density at radius 3 is 2.21 bits per heavy atom. The summed E-state index contributed by atoms with van der Waals surface area (Å²) in [5, 5.41) is 14.0. The number of nitrogens with one attached hydrogen (secondary N) is 2. The van der Waals surface area contributed by atoms with Gasteiger partial charge in [-0.1, -0.05) is 48.5 Å². The molecule has 0 saturated carbocycles. The zero-order valence-electron chi connectivity index (χ0n) is 17.5. The topological polar surface area (TPSA) is 105 Å². The van der Waals surface area contributed by atoms with Crippen LogP contribution in [-0.4, -0.2) is 36.2 Å². The van der Waals surface area contributed by atoms with Gasteiger partial charge >= 0.3 is 12.1 Å². The molecule has 0 bridgehead atoms. The van der Waals surface area contributed by atoms with Crippen LogP contribution in [0.15, 0.2) is 66.7 Å². The normalized spacial score (nSPS) is 11.9. The molecule has 7 nitrogen and oxygen atoms in total. The second-order valence-electron chi connectivity index (χ2n) is 7.55. The number of carbonyl (C=O) groups is 3. The van der Waals surface area contributed by atoms with Crippen molar-refractivity contribution < 1.29 is 28.6 Å². The van der Waals surface area contributed by atoms with Gasteiger partial charge in [-0.15, -0.1) is 0 Å². The minimum atomic E-state index is -1.29. The first kappa shape index (κ1) is 22.0. The van der Waals surface area contributed by atoms with Crippen LogP contribution in [0.3, 0.4) is 0 Å². The SMILES string of the molecule is O=C(CCNC(=O)OCC1c2ccccc2-c2ccccc21)Nc1cc(F)ccc1C(=O)O. The van der Waals surface area contributed by atoms with Gasteiger partial charge in [0.1, 0.15) is 12.4 Å². The van der Waals surface area contributed by atoms with Crippen molar-refractivity contribution in [3.8, 4) is 11.1 Å². The van der Waals surface area contributed by atoms with Crippen LogP contribution in [0.5, 0.6) is 0 Å². The molecule has 0 fully saturated rings. The summed E-state index contributed by atoms with van der Waals surface area (Å²) in [6, 6.07) is 19.0. The summed E-state index contributed by atoms with van der Waals surface area (Å²) in [4.78, 5) is 35.5. The van der Waals surface area contributed by atoms with E-state index in [1.165, 1.54) is 0 Å². The van der Waals surface area contributed by atoms with E-state index in [0.717, 1.165) is 40.5 Å². The number of aromatic carboxylic acids is 1. The summed E-state index contributed by atoms with van der Waals surface area (Å²) in [5.74, 6) is -2.61. The van der Waals surface area contributed by atoms with Gasteiger partial charge in [0, 0.05) is 18.9 Å². The van der Waals surface area contributed by atoms with Gasteiger partial charge in [-0.05, 0) is 40.5 Å². The van der Waals surface area contributed by atoms with Crippen molar-refractivity contribution in [3.05, 3.63) is 89.2 Å². The second kappa shape index (κ2) is 9.52. The highest BCUT2D eigenvalue weighted by Gasteiger charge is 2.29. The van der Waals surface area contributed by atoms with Gasteiger partial charge in [0.15, 0.2) is 0 Å². The number of hydrogen-bond donors (Lipinski definition) is 3. The van der Waals surface area contributed by atoms with Gasteiger partial charge in [-0.25, -0.2) is 14.0 Å². The molecule has 1 aliphatic rings. The molecule has 8 heteroatoms. The number of ether oxygens (including phenoxy) is 1. The van der Waals surface area contributed by atoms with Crippen molar-refractivity contribution in [1.82, 2.24) is 5.32 Å². The van der Waals surface area contributed by atoms with Crippen LogP contribution in [0.25, 0.3) is 11.1 Å². The minimum Gasteiger partial charge on any atom is -0.478 e. The molecule has 3 aromatic rings. The van der Waals surface area contributed by atoms with Gasteiger partial charge in [0.05, 0.1) is 11.3 Å². The summed E-state index contributed by atoms with van der Waals surface area (Å²) < 4.78 is 18.8. The first-order chi connectivity index (χ1) is 15.9. The number of carboxylic acids is 1. The number of carbonyl (C=O) groups excluding carboxylic acids is 2. The Labute approximate surface area is 189 Å². The zero-order chi connectivity index (χ0) is 23.4. The first-order valence-corrected chi connectivity index (χ1v) is 10.4. The standard InChI is InChI=1S/C25H21FN2O5/c26-15-9-10-20(24(30)31)22(13-15)28-23(29)11-12-27-25(32)33-14-21-18-7-3-1-5-16(18)17-6-2-4-8-19(17)21/h1-10,13,21H,11-12,14H2,(H,27,32)(H,28,29)(H,30,31). The number of halogens is 1. The largest absolute Gasteiger partial charge is 0.478 e. The Hall–Kier alpha value is -4.20. The summed E-state index contributed by atoms with van der Waals surface area (Å²) >= 11 is 0. The van der Waals surface area contributed by atoms with Gasteiger partial charge in [-0.3, -0.25) is 4.79 Å². The molecule has 1 aliphatic carbocycles. The Bertz CT molecular complexity index is 1180. The van der Waals surface area contributed by atoms with E-state index in [9.17, 15) is 18.8 Å². The number of hydrogen-bond acceptors (Lipinski definition) is 4. The maximum atomic E-state index is 13.4. The molecule has 3 N–H and O–H groups in total. The molecule has 3 aromatic carbocycles. The summed E-state index contributed by atoms with van der Waals surface area (Å²) in [5.41, 5.74) is 4.06. The summed E-state index contributed by atoms with van der Waals surface area (Å²) in [6.07, 6.45) is -0.804. The predicted molar refractivity (Wildman–Crippen MR) is 120 cm³/mol. The van der Waals surface area contributed by atoms with Crippen molar-refractivity contribution in [3.63, 3.8) is 0 Å². The van der Waals surface area contributed by atoms with E-state index in [1.807, 2.05) is 48.5 Å². The smallest absolute Gasteiger partial charge is 0.407 e. The average Bonchev–Trinajstić information content (AvgIpc) is 3.11. The number of alkyl carbamates (subject to hydrolysis) is 1. The highest BCUT2D eigenvalue weighted by molar-refractivity contribution is 6.00. The molecule has 0 atom stereocenters. The number of benzene rings is 3. The number of amides is 2. The molecule has 4 rings (SSSR count). The first-order valence-electron chi connectivity index (χ1n) is 10.4. The average molecular weight is 448 g/mol. The molecule has 168 valence electrons. The van der Waals surface area contributed by atoms with Crippen LogP contribution >= 0.6 is 0 Å². The fourth-order valence-corrected chi connectivity index (χ4v) is 3.95. The van der Waals surface area contributed by atoms with E-state index in [2.05, 4.69) is 10.6 Å². The second-order valence-corrected chi connectivity index (χ2v) is 7.55. The van der Waals surface area contributed by atoms with Crippen molar-refractivity contribution in [2.24, 2.45) is 0 Å². The fraction of sp³-hybridized carbons (Fsp3) is 0.160. The Morgan fingerprint density at radius 1 is 0.939 bits per heavy atom. The third-order valence-corrected chi connectivity index (χ3v) is 5.45. The van der Waals surface area contributed by atoms with Crippen molar-refractivity contribution in [1.29, 1.82) is 0 Å². The quantitative estimate of drug-likeness (QED) is 0.497. The van der Waals surface area contributed by atoms with E-state index in [4.69, 9.17) is 9.84 Å². The van der Waals surface area contributed by atoms with E-state index >= 15 is 0 Å². The lowest BCUT2D eigenvalue weighted by Gasteiger charge is -2.14. The lowest BCUT2D eigenvalue weighted by molar-refractivity contribution is -0.116. The Kier molecular flexibility index (Phi) is 6.35. The number of anilines is 1. The van der Waals surface area contributed by atoms with E-state index in [1.54, 1.807) is 0 Å². The molecular weight excluding hydrogens is 427 g/mol.